The Bertz CT molecular complexity index is 170. The Balaban J connectivity index is 1.81. The summed E-state index contributed by atoms with van der Waals surface area (Å²) >= 11 is 0. The summed E-state index contributed by atoms with van der Waals surface area (Å²) in [7, 11) is 0. The van der Waals surface area contributed by atoms with Gasteiger partial charge in [-0.3, -0.25) is 0 Å². The van der Waals surface area contributed by atoms with E-state index < -0.39 is 0 Å². The Morgan fingerprint density at radius 1 is 1.08 bits per heavy atom. The van der Waals surface area contributed by atoms with E-state index in [1.54, 1.807) is 0 Å². The zero-order valence-corrected chi connectivity index (χ0v) is 8.87. The van der Waals surface area contributed by atoms with Gasteiger partial charge in [0, 0.05) is 0 Å². The molecule has 0 saturated heterocycles. The largest absolute Gasteiger partial charge is 0.393 e. The molecule has 0 aromatic rings. The van der Waals surface area contributed by atoms with Crippen molar-refractivity contribution in [2.75, 3.05) is 0 Å². The van der Waals surface area contributed by atoms with Crippen LogP contribution in [0.1, 0.15) is 46.0 Å². The van der Waals surface area contributed by atoms with Gasteiger partial charge in [0.1, 0.15) is 0 Å². The van der Waals surface area contributed by atoms with Gasteiger partial charge >= 0.3 is 0 Å². The van der Waals surface area contributed by atoms with Crippen LogP contribution in [0.2, 0.25) is 0 Å². The fourth-order valence-corrected chi connectivity index (χ4v) is 3.04. The van der Waals surface area contributed by atoms with E-state index in [2.05, 4.69) is 13.8 Å². The second-order valence-corrected chi connectivity index (χ2v) is 5.34. The Morgan fingerprint density at radius 3 is 2.15 bits per heavy atom. The molecule has 1 N–H and O–H groups in total. The maximum absolute atomic E-state index is 10.1. The van der Waals surface area contributed by atoms with Gasteiger partial charge < -0.3 is 5.11 Å². The van der Waals surface area contributed by atoms with Crippen LogP contribution in [0.3, 0.4) is 0 Å². The molecule has 2 rings (SSSR count). The topological polar surface area (TPSA) is 20.2 Å². The molecule has 0 radical (unpaired) electrons. The molecule has 0 bridgehead atoms. The van der Waals surface area contributed by atoms with Gasteiger partial charge in [0.05, 0.1) is 6.10 Å². The number of rotatable bonds is 3. The third-order valence-electron chi connectivity index (χ3n) is 4.07. The number of hydrogen-bond acceptors (Lipinski definition) is 1. The fourth-order valence-electron chi connectivity index (χ4n) is 3.04. The van der Waals surface area contributed by atoms with Gasteiger partial charge in [0.15, 0.2) is 0 Å². The minimum atomic E-state index is 0.0369. The molecule has 1 nitrogen and oxygen atoms in total. The standard InChI is InChI=1S/C12H22O/c1-8(2)10-7-11(10)12(13)9-5-3-4-6-9/h8-13H,3-7H2,1-2H3. The van der Waals surface area contributed by atoms with Crippen LogP contribution in [-0.2, 0) is 0 Å². The predicted octanol–water partition coefficient (Wildman–Crippen LogP) is 2.83. The highest BCUT2D eigenvalue weighted by Crippen LogP contribution is 2.49. The molecule has 0 amide bonds. The fraction of sp³-hybridized carbons (Fsp3) is 1.00. The lowest BCUT2D eigenvalue weighted by Crippen LogP contribution is -2.21. The van der Waals surface area contributed by atoms with Crippen molar-refractivity contribution in [3.05, 3.63) is 0 Å². The summed E-state index contributed by atoms with van der Waals surface area (Å²) in [5, 5.41) is 10.1. The zero-order chi connectivity index (χ0) is 9.42. The van der Waals surface area contributed by atoms with Crippen LogP contribution in [-0.4, -0.2) is 11.2 Å². The molecule has 0 aromatic heterocycles. The first kappa shape index (κ1) is 9.51. The van der Waals surface area contributed by atoms with E-state index in [-0.39, 0.29) is 6.10 Å². The van der Waals surface area contributed by atoms with Crippen molar-refractivity contribution >= 4 is 0 Å². The number of aliphatic hydroxyl groups excluding tert-OH is 1. The molecule has 2 aliphatic rings. The molecule has 2 aliphatic carbocycles. The first-order valence-electron chi connectivity index (χ1n) is 5.88. The Kier molecular flexibility index (Phi) is 2.64. The maximum atomic E-state index is 10.1. The summed E-state index contributed by atoms with van der Waals surface area (Å²) in [6.45, 7) is 4.57. The lowest BCUT2D eigenvalue weighted by Gasteiger charge is -2.18. The SMILES string of the molecule is CC(C)C1CC1C(O)C1CCCC1. The molecule has 3 atom stereocenters. The van der Waals surface area contributed by atoms with E-state index in [0.29, 0.717) is 11.8 Å². The van der Waals surface area contributed by atoms with Crippen LogP contribution in [0.25, 0.3) is 0 Å². The molecule has 0 aliphatic heterocycles. The average molecular weight is 182 g/mol. The summed E-state index contributed by atoms with van der Waals surface area (Å²) in [4.78, 5) is 0. The second kappa shape index (κ2) is 3.61. The minimum Gasteiger partial charge on any atom is -0.393 e. The molecule has 1 heteroatoms. The number of hydrogen-bond donors (Lipinski definition) is 1. The van der Waals surface area contributed by atoms with Crippen molar-refractivity contribution < 1.29 is 5.11 Å². The van der Waals surface area contributed by atoms with Gasteiger partial charge in [-0.15, -0.1) is 0 Å². The van der Waals surface area contributed by atoms with Gasteiger partial charge in [0.25, 0.3) is 0 Å². The molecule has 0 aromatic carbocycles. The predicted molar refractivity (Wildman–Crippen MR) is 54.4 cm³/mol. The third-order valence-corrected chi connectivity index (χ3v) is 4.07. The van der Waals surface area contributed by atoms with Crippen LogP contribution in [0.5, 0.6) is 0 Å². The lowest BCUT2D eigenvalue weighted by atomic mass is 9.94. The minimum absolute atomic E-state index is 0.0369. The average Bonchev–Trinajstić information content (AvgIpc) is 2.72. The van der Waals surface area contributed by atoms with Crippen LogP contribution in [0.15, 0.2) is 0 Å². The summed E-state index contributed by atoms with van der Waals surface area (Å²) in [6, 6.07) is 0. The van der Waals surface area contributed by atoms with Crippen molar-refractivity contribution in [3.63, 3.8) is 0 Å². The molecule has 0 heterocycles. The van der Waals surface area contributed by atoms with Gasteiger partial charge in [-0.05, 0) is 42.9 Å². The van der Waals surface area contributed by atoms with Crippen LogP contribution >= 0.6 is 0 Å². The summed E-state index contributed by atoms with van der Waals surface area (Å²) in [6.07, 6.45) is 6.58. The second-order valence-electron chi connectivity index (χ2n) is 5.34. The first-order chi connectivity index (χ1) is 6.20. The van der Waals surface area contributed by atoms with Crippen molar-refractivity contribution in [1.29, 1.82) is 0 Å². The van der Waals surface area contributed by atoms with Gasteiger partial charge in [-0.1, -0.05) is 26.7 Å². The van der Waals surface area contributed by atoms with Crippen molar-refractivity contribution in [3.8, 4) is 0 Å². The summed E-state index contributed by atoms with van der Waals surface area (Å²) in [5.41, 5.74) is 0. The van der Waals surface area contributed by atoms with Gasteiger partial charge in [-0.25, -0.2) is 0 Å². The molecule has 3 unspecified atom stereocenters. The highest BCUT2D eigenvalue weighted by atomic mass is 16.3. The summed E-state index contributed by atoms with van der Waals surface area (Å²) in [5.74, 6) is 2.91. The van der Waals surface area contributed by atoms with E-state index >= 15 is 0 Å². The Labute approximate surface area is 81.5 Å². The van der Waals surface area contributed by atoms with Gasteiger partial charge in [-0.2, -0.15) is 0 Å². The van der Waals surface area contributed by atoms with E-state index in [0.717, 1.165) is 11.8 Å². The van der Waals surface area contributed by atoms with Crippen molar-refractivity contribution in [1.82, 2.24) is 0 Å². The van der Waals surface area contributed by atoms with E-state index in [1.807, 2.05) is 0 Å². The monoisotopic (exact) mass is 182 g/mol. The smallest absolute Gasteiger partial charge is 0.0599 e. The van der Waals surface area contributed by atoms with Gasteiger partial charge in [0.2, 0.25) is 0 Å². The van der Waals surface area contributed by atoms with Crippen molar-refractivity contribution in [2.24, 2.45) is 23.7 Å². The molecule has 76 valence electrons. The Morgan fingerprint density at radius 2 is 1.69 bits per heavy atom. The molecular formula is C12H22O. The quantitative estimate of drug-likeness (QED) is 0.711. The normalized spacial score (nSPS) is 36.9. The van der Waals surface area contributed by atoms with E-state index in [1.165, 1.54) is 32.1 Å². The van der Waals surface area contributed by atoms with Crippen LogP contribution in [0, 0.1) is 23.7 Å². The lowest BCUT2D eigenvalue weighted by molar-refractivity contribution is 0.0812. The Hall–Kier alpha value is -0.0400. The van der Waals surface area contributed by atoms with Crippen molar-refractivity contribution in [2.45, 2.75) is 52.1 Å². The molecule has 0 spiro atoms. The zero-order valence-electron chi connectivity index (χ0n) is 8.87. The highest BCUT2D eigenvalue weighted by Gasteiger charge is 2.46. The van der Waals surface area contributed by atoms with E-state index in [9.17, 15) is 5.11 Å². The number of aliphatic hydroxyl groups is 1. The highest BCUT2D eigenvalue weighted by molar-refractivity contribution is 4.96. The maximum Gasteiger partial charge on any atom is 0.0599 e. The molecule has 2 saturated carbocycles. The summed E-state index contributed by atoms with van der Waals surface area (Å²) < 4.78 is 0. The van der Waals surface area contributed by atoms with Crippen LogP contribution in [0.4, 0.5) is 0 Å². The molecule has 2 fully saturated rings. The van der Waals surface area contributed by atoms with Crippen LogP contribution < -0.4 is 0 Å². The molecule has 13 heavy (non-hydrogen) atoms. The van der Waals surface area contributed by atoms with E-state index in [4.69, 9.17) is 0 Å². The molecular weight excluding hydrogens is 160 g/mol. The third kappa shape index (κ3) is 1.90. The first-order valence-corrected chi connectivity index (χ1v) is 5.88.